The first-order valence-corrected chi connectivity index (χ1v) is 2.48. The second kappa shape index (κ2) is 2.99. The number of rotatable bonds is 3. The van der Waals surface area contributed by atoms with Crippen molar-refractivity contribution in [2.24, 2.45) is 0 Å². The summed E-state index contributed by atoms with van der Waals surface area (Å²) in [6.45, 7) is 2.22. The van der Waals surface area contributed by atoms with Crippen LogP contribution in [0.5, 0.6) is 0 Å². The maximum absolute atomic E-state index is 8.15. The van der Waals surface area contributed by atoms with Gasteiger partial charge in [0.05, 0.1) is 0 Å². The molecule has 0 aromatic heterocycles. The molecule has 0 fully saturated rings. The van der Waals surface area contributed by atoms with E-state index in [-0.39, 0.29) is 0 Å². The summed E-state index contributed by atoms with van der Waals surface area (Å²) in [5, 5.41) is 26.5. The summed E-state index contributed by atoms with van der Waals surface area (Å²) >= 11 is 0. The standard InChI is InChI=1S/C4H11NO3/c1-2-3-5-4(6,7)8/h5-8H,2-3H2,1H3. The third-order valence-corrected chi connectivity index (χ3v) is 0.612. The van der Waals surface area contributed by atoms with Gasteiger partial charge in [-0.15, -0.1) is 0 Å². The molecule has 0 aromatic rings. The first-order valence-electron chi connectivity index (χ1n) is 2.48. The van der Waals surface area contributed by atoms with Crippen LogP contribution in [-0.2, 0) is 0 Å². The molecule has 0 amide bonds. The van der Waals surface area contributed by atoms with Gasteiger partial charge >= 0.3 is 6.10 Å². The fourth-order valence-electron chi connectivity index (χ4n) is 0.293. The van der Waals surface area contributed by atoms with E-state index in [4.69, 9.17) is 15.3 Å². The molecule has 8 heavy (non-hydrogen) atoms. The average molecular weight is 121 g/mol. The minimum Gasteiger partial charge on any atom is -0.330 e. The molecule has 4 heteroatoms. The quantitative estimate of drug-likeness (QED) is 0.346. The Morgan fingerprint density at radius 3 is 2.00 bits per heavy atom. The monoisotopic (exact) mass is 121 g/mol. The summed E-state index contributed by atoms with van der Waals surface area (Å²) in [5.74, 6) is 0. The molecule has 0 aromatic carbocycles. The van der Waals surface area contributed by atoms with Crippen molar-refractivity contribution < 1.29 is 15.3 Å². The summed E-state index contributed by atoms with van der Waals surface area (Å²) in [7, 11) is 0. The molecule has 0 aliphatic rings. The molecule has 0 radical (unpaired) electrons. The second-order valence-corrected chi connectivity index (χ2v) is 1.56. The van der Waals surface area contributed by atoms with Gasteiger partial charge in [-0.2, -0.15) is 0 Å². The van der Waals surface area contributed by atoms with Crippen LogP contribution < -0.4 is 5.32 Å². The van der Waals surface area contributed by atoms with Crippen LogP contribution in [0.4, 0.5) is 0 Å². The van der Waals surface area contributed by atoms with Crippen LogP contribution in [0.25, 0.3) is 0 Å². The highest BCUT2D eigenvalue weighted by Gasteiger charge is 2.14. The molecular formula is C4H11NO3. The lowest BCUT2D eigenvalue weighted by Gasteiger charge is -2.13. The molecule has 0 spiro atoms. The smallest absolute Gasteiger partial charge is 0.330 e. The van der Waals surface area contributed by atoms with Gasteiger partial charge in [0.2, 0.25) is 0 Å². The van der Waals surface area contributed by atoms with Gasteiger partial charge in [-0.25, -0.2) is 5.32 Å². The van der Waals surface area contributed by atoms with Crippen LogP contribution in [0.3, 0.4) is 0 Å². The van der Waals surface area contributed by atoms with Crippen molar-refractivity contribution in [3.05, 3.63) is 0 Å². The zero-order valence-electron chi connectivity index (χ0n) is 4.76. The molecule has 0 aliphatic heterocycles. The van der Waals surface area contributed by atoms with Gasteiger partial charge in [0, 0.05) is 6.54 Å². The van der Waals surface area contributed by atoms with E-state index in [1.807, 2.05) is 12.2 Å². The molecule has 0 heterocycles. The van der Waals surface area contributed by atoms with E-state index in [0.29, 0.717) is 6.54 Å². The van der Waals surface area contributed by atoms with Crippen LogP contribution in [0.15, 0.2) is 0 Å². The van der Waals surface area contributed by atoms with E-state index in [0.717, 1.165) is 6.42 Å². The highest BCUT2D eigenvalue weighted by atomic mass is 16.7. The van der Waals surface area contributed by atoms with Crippen LogP contribution in [-0.4, -0.2) is 28.0 Å². The molecule has 0 unspecified atom stereocenters. The molecular weight excluding hydrogens is 110 g/mol. The summed E-state index contributed by atoms with van der Waals surface area (Å²) in [4.78, 5) is 0. The summed E-state index contributed by atoms with van der Waals surface area (Å²) in [6, 6.07) is 0. The first kappa shape index (κ1) is 7.84. The van der Waals surface area contributed by atoms with Crippen molar-refractivity contribution >= 4 is 0 Å². The van der Waals surface area contributed by atoms with Crippen LogP contribution >= 0.6 is 0 Å². The second-order valence-electron chi connectivity index (χ2n) is 1.56. The predicted molar refractivity (Wildman–Crippen MR) is 27.7 cm³/mol. The highest BCUT2D eigenvalue weighted by molar-refractivity contribution is 4.42. The Kier molecular flexibility index (Phi) is 2.93. The zero-order valence-corrected chi connectivity index (χ0v) is 4.76. The lowest BCUT2D eigenvalue weighted by atomic mass is 10.5. The van der Waals surface area contributed by atoms with Gasteiger partial charge < -0.3 is 15.3 Å². The van der Waals surface area contributed by atoms with Crippen LogP contribution in [0, 0.1) is 0 Å². The summed E-state index contributed by atoms with van der Waals surface area (Å²) in [5.41, 5.74) is 0. The number of hydrogen-bond donors (Lipinski definition) is 4. The average Bonchev–Trinajstić information content (AvgIpc) is 1.59. The van der Waals surface area contributed by atoms with Crippen molar-refractivity contribution in [2.45, 2.75) is 19.4 Å². The van der Waals surface area contributed by atoms with Crippen LogP contribution in [0.1, 0.15) is 13.3 Å². The normalized spacial score (nSPS) is 12.0. The van der Waals surface area contributed by atoms with Gasteiger partial charge in [0.15, 0.2) is 0 Å². The molecule has 0 aliphatic carbocycles. The van der Waals surface area contributed by atoms with E-state index in [2.05, 4.69) is 0 Å². The van der Waals surface area contributed by atoms with Gasteiger partial charge in [-0.3, -0.25) is 0 Å². The molecule has 0 bridgehead atoms. The van der Waals surface area contributed by atoms with E-state index in [1.54, 1.807) is 0 Å². The van der Waals surface area contributed by atoms with Gasteiger partial charge in [0.25, 0.3) is 0 Å². The Morgan fingerprint density at radius 2 is 1.88 bits per heavy atom. The molecule has 50 valence electrons. The van der Waals surface area contributed by atoms with Crippen LogP contribution in [0.2, 0.25) is 0 Å². The third kappa shape index (κ3) is 5.84. The predicted octanol–water partition coefficient (Wildman–Crippen LogP) is -1.43. The Balaban J connectivity index is 3.11. The fourth-order valence-corrected chi connectivity index (χ4v) is 0.293. The number of aliphatic hydroxyl groups is 3. The molecule has 0 atom stereocenters. The lowest BCUT2D eigenvalue weighted by molar-refractivity contribution is -0.331. The Labute approximate surface area is 47.8 Å². The van der Waals surface area contributed by atoms with Gasteiger partial charge in [-0.1, -0.05) is 6.92 Å². The van der Waals surface area contributed by atoms with E-state index < -0.39 is 6.10 Å². The maximum Gasteiger partial charge on any atom is 0.343 e. The van der Waals surface area contributed by atoms with Crippen molar-refractivity contribution in [3.8, 4) is 0 Å². The van der Waals surface area contributed by atoms with Gasteiger partial charge in [0.1, 0.15) is 0 Å². The molecule has 4 N–H and O–H groups in total. The Hall–Kier alpha value is -0.160. The molecule has 4 nitrogen and oxygen atoms in total. The molecule has 0 saturated heterocycles. The number of nitrogens with one attached hydrogen (secondary N) is 1. The summed E-state index contributed by atoms with van der Waals surface area (Å²) < 4.78 is 0. The lowest BCUT2D eigenvalue weighted by Crippen LogP contribution is -2.44. The summed E-state index contributed by atoms with van der Waals surface area (Å²) in [6.07, 6.45) is -1.96. The minimum atomic E-state index is -2.70. The number of hydrogen-bond acceptors (Lipinski definition) is 4. The minimum absolute atomic E-state index is 0.378. The van der Waals surface area contributed by atoms with E-state index in [1.165, 1.54) is 0 Å². The molecule has 0 rings (SSSR count). The largest absolute Gasteiger partial charge is 0.343 e. The van der Waals surface area contributed by atoms with Crippen molar-refractivity contribution in [3.63, 3.8) is 0 Å². The van der Waals surface area contributed by atoms with Crippen molar-refractivity contribution in [1.82, 2.24) is 5.32 Å². The van der Waals surface area contributed by atoms with Gasteiger partial charge in [-0.05, 0) is 6.42 Å². The third-order valence-electron chi connectivity index (χ3n) is 0.612. The Bertz CT molecular complexity index is 58.8. The zero-order chi connectivity index (χ0) is 6.62. The molecule has 0 saturated carbocycles. The Morgan fingerprint density at radius 1 is 1.38 bits per heavy atom. The highest BCUT2D eigenvalue weighted by Crippen LogP contribution is 1.83. The SMILES string of the molecule is CCCNC(O)(O)O. The van der Waals surface area contributed by atoms with E-state index in [9.17, 15) is 0 Å². The fraction of sp³-hybridized carbons (Fsp3) is 1.00. The van der Waals surface area contributed by atoms with E-state index >= 15 is 0 Å². The maximum atomic E-state index is 8.15. The van der Waals surface area contributed by atoms with Crippen molar-refractivity contribution in [2.75, 3.05) is 6.54 Å². The first-order chi connectivity index (χ1) is 3.56. The van der Waals surface area contributed by atoms with Crippen molar-refractivity contribution in [1.29, 1.82) is 0 Å². The topological polar surface area (TPSA) is 72.7 Å².